The zero-order chi connectivity index (χ0) is 15.3. The molecule has 1 atom stereocenters. The minimum Gasteiger partial charge on any atom is -0.309 e. The molecular formula is C19H36N2. The van der Waals surface area contributed by atoms with Gasteiger partial charge in [-0.2, -0.15) is 0 Å². The molecule has 2 aliphatic rings. The quantitative estimate of drug-likeness (QED) is 0.732. The average Bonchev–Trinajstić information content (AvgIpc) is 2.50. The van der Waals surface area contributed by atoms with Crippen molar-refractivity contribution in [1.82, 2.24) is 10.2 Å². The molecular weight excluding hydrogens is 256 g/mol. The van der Waals surface area contributed by atoms with Crippen LogP contribution in [0.1, 0.15) is 71.6 Å². The molecule has 1 saturated carbocycles. The van der Waals surface area contributed by atoms with E-state index < -0.39 is 0 Å². The van der Waals surface area contributed by atoms with E-state index in [4.69, 9.17) is 0 Å². The SMILES string of the molecule is CCCNC(C1=CCCCC1)C1(N(C)C)CCC(C)CC1. The first-order chi connectivity index (χ1) is 10.1. The molecule has 2 nitrogen and oxygen atoms in total. The third kappa shape index (κ3) is 3.90. The van der Waals surface area contributed by atoms with Gasteiger partial charge in [-0.05, 0) is 84.3 Å². The Hall–Kier alpha value is -0.340. The third-order valence-electron chi connectivity index (χ3n) is 5.86. The standard InChI is InChI=1S/C19H36N2/c1-5-15-20-18(17-9-7-6-8-10-17)19(21(3)4)13-11-16(2)12-14-19/h9,16,18,20H,5-8,10-15H2,1-4H3. The molecule has 1 unspecified atom stereocenters. The lowest BCUT2D eigenvalue weighted by Gasteiger charge is -2.51. The van der Waals surface area contributed by atoms with E-state index in [2.05, 4.69) is 44.2 Å². The van der Waals surface area contributed by atoms with Crippen molar-refractivity contribution >= 4 is 0 Å². The second-order valence-electron chi connectivity index (χ2n) is 7.59. The number of hydrogen-bond donors (Lipinski definition) is 1. The molecule has 0 saturated heterocycles. The molecule has 0 aromatic rings. The second kappa shape index (κ2) is 7.78. The van der Waals surface area contributed by atoms with E-state index in [9.17, 15) is 0 Å². The van der Waals surface area contributed by atoms with E-state index in [1.807, 2.05) is 0 Å². The van der Waals surface area contributed by atoms with Gasteiger partial charge in [-0.25, -0.2) is 0 Å². The Morgan fingerprint density at radius 3 is 2.52 bits per heavy atom. The highest BCUT2D eigenvalue weighted by molar-refractivity contribution is 5.22. The van der Waals surface area contributed by atoms with Gasteiger partial charge >= 0.3 is 0 Å². The Morgan fingerprint density at radius 2 is 2.00 bits per heavy atom. The first kappa shape index (κ1) is 17.0. The molecule has 0 bridgehead atoms. The predicted octanol–water partition coefficient (Wildman–Crippen LogP) is 4.37. The highest BCUT2D eigenvalue weighted by Gasteiger charge is 2.44. The second-order valence-corrected chi connectivity index (χ2v) is 7.59. The van der Waals surface area contributed by atoms with Crippen molar-refractivity contribution in [3.05, 3.63) is 11.6 Å². The van der Waals surface area contributed by atoms with Gasteiger partial charge in [-0.15, -0.1) is 0 Å². The van der Waals surface area contributed by atoms with Crippen LogP contribution < -0.4 is 5.32 Å². The van der Waals surface area contributed by atoms with Crippen molar-refractivity contribution in [3.8, 4) is 0 Å². The first-order valence-corrected chi connectivity index (χ1v) is 9.20. The van der Waals surface area contributed by atoms with Crippen LogP contribution in [0.15, 0.2) is 11.6 Å². The van der Waals surface area contributed by atoms with Crippen molar-refractivity contribution in [2.45, 2.75) is 83.2 Å². The van der Waals surface area contributed by atoms with Crippen LogP contribution in [0.4, 0.5) is 0 Å². The van der Waals surface area contributed by atoms with E-state index >= 15 is 0 Å². The molecule has 0 amide bonds. The lowest BCUT2D eigenvalue weighted by molar-refractivity contribution is 0.0537. The van der Waals surface area contributed by atoms with E-state index in [1.165, 1.54) is 57.8 Å². The summed E-state index contributed by atoms with van der Waals surface area (Å²) in [7, 11) is 4.61. The summed E-state index contributed by atoms with van der Waals surface area (Å²) in [5.41, 5.74) is 2.04. The maximum atomic E-state index is 3.94. The molecule has 0 aliphatic heterocycles. The van der Waals surface area contributed by atoms with Crippen molar-refractivity contribution in [3.63, 3.8) is 0 Å². The molecule has 2 aliphatic carbocycles. The van der Waals surface area contributed by atoms with Crippen molar-refractivity contribution in [2.24, 2.45) is 5.92 Å². The van der Waals surface area contributed by atoms with Crippen LogP contribution in [0.25, 0.3) is 0 Å². The lowest BCUT2D eigenvalue weighted by Crippen LogP contribution is -2.61. The fraction of sp³-hybridized carbons (Fsp3) is 0.895. The van der Waals surface area contributed by atoms with Crippen LogP contribution >= 0.6 is 0 Å². The largest absolute Gasteiger partial charge is 0.309 e. The average molecular weight is 293 g/mol. The zero-order valence-electron chi connectivity index (χ0n) is 14.8. The summed E-state index contributed by atoms with van der Waals surface area (Å²) in [6.45, 7) is 5.85. The fourth-order valence-corrected chi connectivity index (χ4v) is 4.34. The summed E-state index contributed by atoms with van der Waals surface area (Å²) in [4.78, 5) is 2.54. The highest BCUT2D eigenvalue weighted by Crippen LogP contribution is 2.41. The molecule has 2 heteroatoms. The minimum absolute atomic E-state index is 0.338. The molecule has 0 aromatic heterocycles. The zero-order valence-corrected chi connectivity index (χ0v) is 14.8. The normalized spacial score (nSPS) is 32.0. The first-order valence-electron chi connectivity index (χ1n) is 9.20. The van der Waals surface area contributed by atoms with E-state index in [-0.39, 0.29) is 0 Å². The van der Waals surface area contributed by atoms with Gasteiger partial charge in [0.05, 0.1) is 0 Å². The number of hydrogen-bond acceptors (Lipinski definition) is 2. The van der Waals surface area contributed by atoms with Gasteiger partial charge in [-0.3, -0.25) is 0 Å². The van der Waals surface area contributed by atoms with Crippen LogP contribution in [-0.4, -0.2) is 37.1 Å². The molecule has 0 spiro atoms. The monoisotopic (exact) mass is 292 g/mol. The smallest absolute Gasteiger partial charge is 0.0466 e. The summed E-state index contributed by atoms with van der Waals surface area (Å²) in [5.74, 6) is 0.908. The summed E-state index contributed by atoms with van der Waals surface area (Å²) < 4.78 is 0. The van der Waals surface area contributed by atoms with E-state index in [0.717, 1.165) is 12.5 Å². The topological polar surface area (TPSA) is 15.3 Å². The number of nitrogens with zero attached hydrogens (tertiary/aromatic N) is 1. The molecule has 2 rings (SSSR count). The molecule has 0 radical (unpaired) electrons. The third-order valence-corrected chi connectivity index (χ3v) is 5.86. The van der Waals surface area contributed by atoms with Crippen LogP contribution in [-0.2, 0) is 0 Å². The molecule has 122 valence electrons. The van der Waals surface area contributed by atoms with Crippen LogP contribution in [0.3, 0.4) is 0 Å². The van der Waals surface area contributed by atoms with Gasteiger partial charge in [0.1, 0.15) is 0 Å². The summed E-state index contributed by atoms with van der Waals surface area (Å²) >= 11 is 0. The van der Waals surface area contributed by atoms with Crippen molar-refractivity contribution in [2.75, 3.05) is 20.6 Å². The van der Waals surface area contributed by atoms with Crippen LogP contribution in [0.5, 0.6) is 0 Å². The van der Waals surface area contributed by atoms with E-state index in [1.54, 1.807) is 5.57 Å². The van der Waals surface area contributed by atoms with Gasteiger partial charge in [0.2, 0.25) is 0 Å². The Bertz CT molecular complexity index is 337. The van der Waals surface area contributed by atoms with Gasteiger partial charge in [0.15, 0.2) is 0 Å². The fourth-order valence-electron chi connectivity index (χ4n) is 4.34. The summed E-state index contributed by atoms with van der Waals surface area (Å²) in [6, 6.07) is 0.570. The van der Waals surface area contributed by atoms with Gasteiger partial charge < -0.3 is 10.2 Å². The lowest BCUT2D eigenvalue weighted by atomic mass is 9.69. The number of nitrogens with one attached hydrogen (secondary N) is 1. The number of allylic oxidation sites excluding steroid dienone is 1. The van der Waals surface area contributed by atoms with Gasteiger partial charge in [0, 0.05) is 11.6 Å². The highest BCUT2D eigenvalue weighted by atomic mass is 15.2. The number of likely N-dealkylation sites (N-methyl/N-ethyl adjacent to an activating group) is 1. The Balaban J connectivity index is 2.24. The predicted molar refractivity (Wildman–Crippen MR) is 92.7 cm³/mol. The Labute approximate surface area is 132 Å². The van der Waals surface area contributed by atoms with Crippen LogP contribution in [0, 0.1) is 5.92 Å². The summed E-state index contributed by atoms with van der Waals surface area (Å²) in [5, 5.41) is 3.94. The summed E-state index contributed by atoms with van der Waals surface area (Å²) in [6.07, 6.45) is 14.6. The molecule has 21 heavy (non-hydrogen) atoms. The van der Waals surface area contributed by atoms with Crippen molar-refractivity contribution in [1.29, 1.82) is 0 Å². The molecule has 1 fully saturated rings. The maximum absolute atomic E-state index is 3.94. The van der Waals surface area contributed by atoms with Gasteiger partial charge in [-0.1, -0.05) is 25.5 Å². The molecule has 0 heterocycles. The molecule has 1 N–H and O–H groups in total. The Morgan fingerprint density at radius 1 is 1.29 bits per heavy atom. The molecule has 0 aromatic carbocycles. The Kier molecular flexibility index (Phi) is 6.31. The van der Waals surface area contributed by atoms with Crippen LogP contribution in [0.2, 0.25) is 0 Å². The van der Waals surface area contributed by atoms with Gasteiger partial charge in [0.25, 0.3) is 0 Å². The maximum Gasteiger partial charge on any atom is 0.0466 e. The van der Waals surface area contributed by atoms with Crippen molar-refractivity contribution < 1.29 is 0 Å². The van der Waals surface area contributed by atoms with E-state index in [0.29, 0.717) is 11.6 Å². The minimum atomic E-state index is 0.338. The number of rotatable bonds is 6.